The fraction of sp³-hybridized carbons (Fsp3) is 0. The van der Waals surface area contributed by atoms with Crippen LogP contribution in [0.4, 0.5) is 13.2 Å². The molecule has 0 aliphatic rings. The minimum absolute atomic E-state index is 0.0221. The first-order valence-electron chi connectivity index (χ1n) is 4.10. The highest BCUT2D eigenvalue weighted by Gasteiger charge is 2.12. The first-order chi connectivity index (χ1) is 7.18. The predicted octanol–water partition coefficient (Wildman–Crippen LogP) is 2.56. The quantitative estimate of drug-likeness (QED) is 0.676. The minimum atomic E-state index is -1.23. The third-order valence-corrected chi connectivity index (χ3v) is 1.82. The molecule has 0 aliphatic heterocycles. The molecule has 0 bridgehead atoms. The van der Waals surface area contributed by atoms with Gasteiger partial charge in [0.2, 0.25) is 0 Å². The van der Waals surface area contributed by atoms with E-state index < -0.39 is 17.5 Å². The van der Waals surface area contributed by atoms with Gasteiger partial charge in [-0.25, -0.2) is 23.1 Å². The summed E-state index contributed by atoms with van der Waals surface area (Å²) < 4.78 is 38.7. The zero-order chi connectivity index (χ0) is 10.8. The topological polar surface area (TPSA) is 25.8 Å². The second-order valence-corrected chi connectivity index (χ2v) is 2.82. The maximum absolute atomic E-state index is 13.2. The van der Waals surface area contributed by atoms with Crippen molar-refractivity contribution in [1.29, 1.82) is 0 Å². The van der Waals surface area contributed by atoms with E-state index >= 15 is 0 Å². The summed E-state index contributed by atoms with van der Waals surface area (Å²) in [5.74, 6) is -3.22. The summed E-state index contributed by atoms with van der Waals surface area (Å²) in [6.07, 6.45) is 2.78. The minimum Gasteiger partial charge on any atom is -0.236 e. The summed E-state index contributed by atoms with van der Waals surface area (Å²) in [5.41, 5.74) is -0.158. The normalized spacial score (nSPS) is 10.3. The third kappa shape index (κ3) is 1.81. The van der Waals surface area contributed by atoms with E-state index in [9.17, 15) is 13.2 Å². The van der Waals surface area contributed by atoms with Crippen LogP contribution >= 0.6 is 0 Å². The van der Waals surface area contributed by atoms with Crippen LogP contribution in [0.2, 0.25) is 0 Å². The van der Waals surface area contributed by atoms with Crippen LogP contribution in [0.1, 0.15) is 0 Å². The number of rotatable bonds is 1. The van der Waals surface area contributed by atoms with Gasteiger partial charge in [0, 0.05) is 18.5 Å². The van der Waals surface area contributed by atoms with Crippen molar-refractivity contribution in [2.45, 2.75) is 0 Å². The molecule has 0 saturated carbocycles. The second kappa shape index (κ2) is 3.68. The molecule has 15 heavy (non-hydrogen) atoms. The Bertz CT molecular complexity index is 486. The Morgan fingerprint density at radius 1 is 0.800 bits per heavy atom. The number of aromatic nitrogens is 2. The fourth-order valence-corrected chi connectivity index (χ4v) is 1.13. The molecule has 2 rings (SSSR count). The summed E-state index contributed by atoms with van der Waals surface area (Å²) in [6.45, 7) is 0. The van der Waals surface area contributed by atoms with E-state index in [4.69, 9.17) is 0 Å². The van der Waals surface area contributed by atoms with Gasteiger partial charge in [0.25, 0.3) is 0 Å². The Morgan fingerprint density at radius 2 is 1.40 bits per heavy atom. The van der Waals surface area contributed by atoms with Gasteiger partial charge >= 0.3 is 0 Å². The monoisotopic (exact) mass is 210 g/mol. The summed E-state index contributed by atoms with van der Waals surface area (Å²) in [4.78, 5) is 7.48. The molecule has 2 nitrogen and oxygen atoms in total. The molecule has 1 heterocycles. The van der Waals surface area contributed by atoms with Crippen LogP contribution < -0.4 is 0 Å². The maximum atomic E-state index is 13.2. The molecule has 1 aromatic heterocycles. The lowest BCUT2D eigenvalue weighted by molar-refractivity contribution is 0.496. The van der Waals surface area contributed by atoms with Crippen molar-refractivity contribution in [1.82, 2.24) is 9.97 Å². The Morgan fingerprint density at radius 3 is 2.07 bits per heavy atom. The smallest absolute Gasteiger partial charge is 0.162 e. The summed E-state index contributed by atoms with van der Waals surface area (Å²) in [5, 5.41) is 0. The molecular weight excluding hydrogens is 205 g/mol. The Balaban J connectivity index is 2.59. The molecule has 76 valence electrons. The van der Waals surface area contributed by atoms with E-state index in [0.29, 0.717) is 6.07 Å². The van der Waals surface area contributed by atoms with E-state index in [-0.39, 0.29) is 11.4 Å². The van der Waals surface area contributed by atoms with Crippen molar-refractivity contribution >= 4 is 0 Å². The number of nitrogens with zero attached hydrogens (tertiary/aromatic N) is 2. The van der Waals surface area contributed by atoms with Crippen molar-refractivity contribution in [3.05, 3.63) is 48.0 Å². The largest absolute Gasteiger partial charge is 0.236 e. The first kappa shape index (κ1) is 9.64. The third-order valence-electron chi connectivity index (χ3n) is 1.82. The molecule has 5 heteroatoms. The lowest BCUT2D eigenvalue weighted by Gasteiger charge is -2.01. The number of halogens is 3. The maximum Gasteiger partial charge on any atom is 0.162 e. The van der Waals surface area contributed by atoms with Gasteiger partial charge in [0.15, 0.2) is 17.5 Å². The molecule has 0 atom stereocenters. The molecule has 0 unspecified atom stereocenters. The zero-order valence-electron chi connectivity index (χ0n) is 7.42. The average molecular weight is 210 g/mol. The van der Waals surface area contributed by atoms with Gasteiger partial charge in [-0.1, -0.05) is 0 Å². The average Bonchev–Trinajstić information content (AvgIpc) is 2.25. The van der Waals surface area contributed by atoms with Gasteiger partial charge in [-0.3, -0.25) is 0 Å². The molecule has 2 aromatic rings. The molecule has 0 aliphatic carbocycles. The van der Waals surface area contributed by atoms with E-state index in [1.807, 2.05) is 0 Å². The summed E-state index contributed by atoms with van der Waals surface area (Å²) >= 11 is 0. The van der Waals surface area contributed by atoms with Crippen LogP contribution in [-0.4, -0.2) is 9.97 Å². The van der Waals surface area contributed by atoms with Gasteiger partial charge in [0.1, 0.15) is 5.82 Å². The SMILES string of the molecule is Fc1cc(F)c(-c2ncccn2)cc1F. The molecule has 0 N–H and O–H groups in total. The van der Waals surface area contributed by atoms with Crippen LogP contribution in [-0.2, 0) is 0 Å². The van der Waals surface area contributed by atoms with Crippen molar-refractivity contribution in [3.8, 4) is 11.4 Å². The van der Waals surface area contributed by atoms with Crippen LogP contribution in [0.15, 0.2) is 30.6 Å². The van der Waals surface area contributed by atoms with Gasteiger partial charge < -0.3 is 0 Å². The number of hydrogen-bond acceptors (Lipinski definition) is 2. The summed E-state index contributed by atoms with van der Waals surface area (Å²) in [6, 6.07) is 2.75. The predicted molar refractivity (Wildman–Crippen MR) is 47.3 cm³/mol. The number of benzene rings is 1. The highest BCUT2D eigenvalue weighted by Crippen LogP contribution is 2.21. The molecule has 1 aromatic carbocycles. The fourth-order valence-electron chi connectivity index (χ4n) is 1.13. The highest BCUT2D eigenvalue weighted by atomic mass is 19.2. The van der Waals surface area contributed by atoms with Crippen LogP contribution in [0.25, 0.3) is 11.4 Å². The van der Waals surface area contributed by atoms with Crippen molar-refractivity contribution in [2.75, 3.05) is 0 Å². The molecule has 0 radical (unpaired) electrons. The van der Waals surface area contributed by atoms with E-state index in [1.165, 1.54) is 12.4 Å². The van der Waals surface area contributed by atoms with Crippen molar-refractivity contribution in [3.63, 3.8) is 0 Å². The molecule has 0 fully saturated rings. The lowest BCUT2D eigenvalue weighted by atomic mass is 10.2. The van der Waals surface area contributed by atoms with Crippen molar-refractivity contribution < 1.29 is 13.2 Å². The second-order valence-electron chi connectivity index (χ2n) is 2.82. The standard InChI is InChI=1S/C10H5F3N2/c11-7-5-9(13)8(12)4-6(7)10-14-2-1-3-15-10/h1-5H. The molecule has 0 spiro atoms. The van der Waals surface area contributed by atoms with E-state index in [1.54, 1.807) is 6.07 Å². The Labute approximate surface area is 83.4 Å². The molecular formula is C10H5F3N2. The summed E-state index contributed by atoms with van der Waals surface area (Å²) in [7, 11) is 0. The van der Waals surface area contributed by atoms with Crippen molar-refractivity contribution in [2.24, 2.45) is 0 Å². The van der Waals surface area contributed by atoms with Gasteiger partial charge in [-0.2, -0.15) is 0 Å². The Hall–Kier alpha value is -1.91. The zero-order valence-corrected chi connectivity index (χ0v) is 7.42. The van der Waals surface area contributed by atoms with E-state index in [2.05, 4.69) is 9.97 Å². The van der Waals surface area contributed by atoms with Gasteiger partial charge in [0.05, 0.1) is 5.56 Å². The first-order valence-corrected chi connectivity index (χ1v) is 4.10. The van der Waals surface area contributed by atoms with Gasteiger partial charge in [-0.05, 0) is 12.1 Å². The highest BCUT2D eigenvalue weighted by molar-refractivity contribution is 5.55. The number of hydrogen-bond donors (Lipinski definition) is 0. The molecule has 0 amide bonds. The van der Waals surface area contributed by atoms with Gasteiger partial charge in [-0.15, -0.1) is 0 Å². The van der Waals surface area contributed by atoms with Crippen LogP contribution in [0.3, 0.4) is 0 Å². The van der Waals surface area contributed by atoms with Crippen LogP contribution in [0, 0.1) is 17.5 Å². The lowest BCUT2D eigenvalue weighted by Crippen LogP contribution is -1.94. The Kier molecular flexibility index (Phi) is 2.37. The van der Waals surface area contributed by atoms with Crippen LogP contribution in [0.5, 0.6) is 0 Å². The van der Waals surface area contributed by atoms with E-state index in [0.717, 1.165) is 6.07 Å². The molecule has 0 saturated heterocycles.